The van der Waals surface area contributed by atoms with Crippen LogP contribution in [0, 0.1) is 0 Å². The Bertz CT molecular complexity index is 683. The van der Waals surface area contributed by atoms with Crippen molar-refractivity contribution in [1.82, 2.24) is 20.4 Å². The molecular formula is C25H44IN5O. The van der Waals surface area contributed by atoms with Crippen LogP contribution >= 0.6 is 24.0 Å². The third-order valence-corrected chi connectivity index (χ3v) is 6.23. The molecule has 0 aliphatic carbocycles. The molecule has 2 aliphatic rings. The molecule has 0 aromatic heterocycles. The summed E-state index contributed by atoms with van der Waals surface area (Å²) in [6, 6.07) is 9.25. The minimum Gasteiger partial charge on any atom is -0.373 e. The van der Waals surface area contributed by atoms with Crippen LogP contribution < -0.4 is 10.6 Å². The van der Waals surface area contributed by atoms with E-state index in [4.69, 9.17) is 9.73 Å². The maximum atomic E-state index is 5.90. The van der Waals surface area contributed by atoms with Crippen molar-refractivity contribution in [3.05, 3.63) is 35.4 Å². The molecule has 32 heavy (non-hydrogen) atoms. The van der Waals surface area contributed by atoms with Gasteiger partial charge in [-0.3, -0.25) is 4.90 Å². The summed E-state index contributed by atoms with van der Waals surface area (Å²) in [6.07, 6.45) is 4.21. The van der Waals surface area contributed by atoms with Crippen molar-refractivity contribution in [3.63, 3.8) is 0 Å². The second-order valence-corrected chi connectivity index (χ2v) is 9.18. The van der Waals surface area contributed by atoms with Gasteiger partial charge >= 0.3 is 0 Å². The summed E-state index contributed by atoms with van der Waals surface area (Å²) in [5.74, 6) is 0.944. The first-order valence-electron chi connectivity index (χ1n) is 12.3. The zero-order valence-electron chi connectivity index (χ0n) is 20.5. The standard InChI is InChI=1S/C25H43N5O.HI/c1-5-13-29-14-11-24(12-15-29)28-25(26-6-2)27-16-22-9-7-8-10-23(22)19-30-17-20(3)31-21(4)18-30;/h7-10,20-21,24H,5-6,11-19H2,1-4H3,(H2,26,27,28);1H. The molecular weight excluding hydrogens is 513 g/mol. The first-order valence-corrected chi connectivity index (χ1v) is 12.3. The monoisotopic (exact) mass is 557 g/mol. The first kappa shape index (κ1) is 27.3. The summed E-state index contributed by atoms with van der Waals surface area (Å²) in [6.45, 7) is 16.8. The molecule has 1 aromatic rings. The number of nitrogens with zero attached hydrogens (tertiary/aromatic N) is 3. The zero-order valence-corrected chi connectivity index (χ0v) is 22.8. The molecule has 2 fully saturated rings. The van der Waals surface area contributed by atoms with E-state index in [1.807, 2.05) is 0 Å². The number of guanidine groups is 1. The Kier molecular flexibility index (Phi) is 12.3. The van der Waals surface area contributed by atoms with Gasteiger partial charge in [-0.15, -0.1) is 24.0 Å². The lowest BCUT2D eigenvalue weighted by Gasteiger charge is -2.35. The number of hydrogen-bond acceptors (Lipinski definition) is 4. The summed E-state index contributed by atoms with van der Waals surface area (Å²) in [4.78, 5) is 10.0. The molecule has 0 amide bonds. The van der Waals surface area contributed by atoms with Gasteiger partial charge in [-0.05, 0) is 57.7 Å². The van der Waals surface area contributed by atoms with Crippen LogP contribution in [0.4, 0.5) is 0 Å². The third kappa shape index (κ3) is 8.80. The average molecular weight is 558 g/mol. The fourth-order valence-corrected chi connectivity index (χ4v) is 4.82. The fraction of sp³-hybridized carbons (Fsp3) is 0.720. The van der Waals surface area contributed by atoms with Crippen molar-refractivity contribution in [3.8, 4) is 0 Å². The lowest BCUT2D eigenvalue weighted by molar-refractivity contribution is -0.0705. The largest absolute Gasteiger partial charge is 0.373 e. The average Bonchev–Trinajstić information content (AvgIpc) is 2.74. The van der Waals surface area contributed by atoms with Crippen LogP contribution in [0.3, 0.4) is 0 Å². The van der Waals surface area contributed by atoms with Gasteiger partial charge in [0, 0.05) is 45.3 Å². The molecule has 3 rings (SSSR count). The predicted molar refractivity (Wildman–Crippen MR) is 145 cm³/mol. The Hall–Kier alpha value is -0.900. The molecule has 0 spiro atoms. The van der Waals surface area contributed by atoms with Gasteiger partial charge in [-0.25, -0.2) is 4.99 Å². The number of hydrogen-bond donors (Lipinski definition) is 2. The maximum absolute atomic E-state index is 5.90. The van der Waals surface area contributed by atoms with E-state index in [9.17, 15) is 0 Å². The van der Waals surface area contributed by atoms with Gasteiger partial charge in [0.1, 0.15) is 0 Å². The molecule has 2 N–H and O–H groups in total. The Balaban J connectivity index is 0.00000363. The number of morpholine rings is 1. The molecule has 2 saturated heterocycles. The van der Waals surface area contributed by atoms with Crippen molar-refractivity contribution in [2.45, 2.75) is 78.3 Å². The Morgan fingerprint density at radius 1 is 1.03 bits per heavy atom. The van der Waals surface area contributed by atoms with E-state index in [2.05, 4.69) is 72.4 Å². The quantitative estimate of drug-likeness (QED) is 0.289. The summed E-state index contributed by atoms with van der Waals surface area (Å²) < 4.78 is 5.90. The lowest BCUT2D eigenvalue weighted by Crippen LogP contribution is -2.48. The van der Waals surface area contributed by atoms with Crippen molar-refractivity contribution in [2.75, 3.05) is 39.3 Å². The number of piperidine rings is 1. The molecule has 2 aliphatic heterocycles. The van der Waals surface area contributed by atoms with Gasteiger partial charge in [0.25, 0.3) is 0 Å². The predicted octanol–water partition coefficient (Wildman–Crippen LogP) is 3.84. The Labute approximate surface area is 212 Å². The number of halogens is 1. The molecule has 2 heterocycles. The topological polar surface area (TPSA) is 52.1 Å². The number of aliphatic imine (C=N–C) groups is 1. The van der Waals surface area contributed by atoms with Crippen LogP contribution in [0.15, 0.2) is 29.3 Å². The number of benzene rings is 1. The van der Waals surface area contributed by atoms with E-state index in [0.29, 0.717) is 24.8 Å². The second-order valence-electron chi connectivity index (χ2n) is 9.18. The zero-order chi connectivity index (χ0) is 22.1. The Morgan fingerprint density at radius 2 is 1.69 bits per heavy atom. The van der Waals surface area contributed by atoms with E-state index in [0.717, 1.165) is 32.1 Å². The molecule has 182 valence electrons. The van der Waals surface area contributed by atoms with Crippen LogP contribution in [0.5, 0.6) is 0 Å². The van der Waals surface area contributed by atoms with Gasteiger partial charge in [0.2, 0.25) is 0 Å². The summed E-state index contributed by atoms with van der Waals surface area (Å²) >= 11 is 0. The number of rotatable bonds is 8. The molecule has 2 unspecified atom stereocenters. The highest BCUT2D eigenvalue weighted by Crippen LogP contribution is 2.18. The van der Waals surface area contributed by atoms with Gasteiger partial charge in [-0.1, -0.05) is 31.2 Å². The lowest BCUT2D eigenvalue weighted by atomic mass is 10.0. The molecule has 0 bridgehead atoms. The van der Waals surface area contributed by atoms with Crippen molar-refractivity contribution in [1.29, 1.82) is 0 Å². The molecule has 1 aromatic carbocycles. The van der Waals surface area contributed by atoms with Crippen LogP contribution in [0.2, 0.25) is 0 Å². The minimum absolute atomic E-state index is 0. The number of nitrogens with one attached hydrogen (secondary N) is 2. The van der Waals surface area contributed by atoms with Crippen molar-refractivity contribution < 1.29 is 4.74 Å². The number of ether oxygens (including phenoxy) is 1. The second kappa shape index (κ2) is 14.4. The van der Waals surface area contributed by atoms with Crippen molar-refractivity contribution >= 4 is 29.9 Å². The molecule has 0 radical (unpaired) electrons. The van der Waals surface area contributed by atoms with Gasteiger partial charge < -0.3 is 20.3 Å². The maximum Gasteiger partial charge on any atom is 0.191 e. The van der Waals surface area contributed by atoms with Crippen LogP contribution in [0.1, 0.15) is 58.1 Å². The van der Waals surface area contributed by atoms with Crippen molar-refractivity contribution in [2.24, 2.45) is 4.99 Å². The summed E-state index contributed by atoms with van der Waals surface area (Å²) in [5, 5.41) is 7.13. The number of likely N-dealkylation sites (tertiary alicyclic amines) is 1. The fourth-order valence-electron chi connectivity index (χ4n) is 4.82. The van der Waals surface area contributed by atoms with E-state index >= 15 is 0 Å². The van der Waals surface area contributed by atoms with E-state index in [1.54, 1.807) is 0 Å². The molecule has 2 atom stereocenters. The minimum atomic E-state index is 0. The summed E-state index contributed by atoms with van der Waals surface area (Å²) in [7, 11) is 0. The normalized spacial score (nSPS) is 23.6. The summed E-state index contributed by atoms with van der Waals surface area (Å²) in [5.41, 5.74) is 2.68. The SMILES string of the molecule is CCCN1CCC(NC(=NCc2ccccc2CN2CC(C)OC(C)C2)NCC)CC1.I. The van der Waals surface area contributed by atoms with Gasteiger partial charge in [0.05, 0.1) is 18.8 Å². The van der Waals surface area contributed by atoms with Gasteiger partial charge in [-0.2, -0.15) is 0 Å². The van der Waals surface area contributed by atoms with E-state index in [-0.39, 0.29) is 24.0 Å². The van der Waals surface area contributed by atoms with E-state index < -0.39 is 0 Å². The Morgan fingerprint density at radius 3 is 2.31 bits per heavy atom. The highest BCUT2D eigenvalue weighted by Gasteiger charge is 2.23. The highest BCUT2D eigenvalue weighted by molar-refractivity contribution is 14.0. The third-order valence-electron chi connectivity index (χ3n) is 6.23. The molecule has 0 saturated carbocycles. The molecule has 6 nitrogen and oxygen atoms in total. The van der Waals surface area contributed by atoms with E-state index in [1.165, 1.54) is 50.0 Å². The smallest absolute Gasteiger partial charge is 0.191 e. The van der Waals surface area contributed by atoms with Gasteiger partial charge in [0.15, 0.2) is 5.96 Å². The van der Waals surface area contributed by atoms with Crippen LogP contribution in [0.25, 0.3) is 0 Å². The van der Waals surface area contributed by atoms with Crippen LogP contribution in [-0.4, -0.2) is 73.3 Å². The highest BCUT2D eigenvalue weighted by atomic mass is 127. The van der Waals surface area contributed by atoms with Crippen LogP contribution in [-0.2, 0) is 17.8 Å². The first-order chi connectivity index (χ1) is 15.1. The molecule has 7 heteroatoms.